The summed E-state index contributed by atoms with van der Waals surface area (Å²) < 4.78 is 2.03. The van der Waals surface area contributed by atoms with Crippen molar-refractivity contribution in [2.75, 3.05) is 31.1 Å². The zero-order valence-corrected chi connectivity index (χ0v) is 14.8. The molecular weight excluding hydrogens is 354 g/mol. The molecule has 3 aromatic rings. The van der Waals surface area contributed by atoms with E-state index in [4.69, 9.17) is 11.6 Å². The molecule has 1 aromatic carbocycles. The van der Waals surface area contributed by atoms with Crippen LogP contribution in [0.1, 0.15) is 5.69 Å². The van der Waals surface area contributed by atoms with Gasteiger partial charge in [0.05, 0.1) is 21.3 Å². The Morgan fingerprint density at radius 2 is 1.96 bits per heavy atom. The minimum Gasteiger partial charge on any atom is -0.368 e. The fourth-order valence-corrected chi connectivity index (χ4v) is 3.60. The summed E-state index contributed by atoms with van der Waals surface area (Å²) in [5.41, 5.74) is 2.88. The van der Waals surface area contributed by atoms with Crippen molar-refractivity contribution in [3.8, 4) is 0 Å². The van der Waals surface area contributed by atoms with E-state index in [0.29, 0.717) is 5.02 Å². The lowest BCUT2D eigenvalue weighted by Crippen LogP contribution is -2.46. The zero-order chi connectivity index (χ0) is 18.1. The maximum atomic E-state index is 10.8. The van der Waals surface area contributed by atoms with Crippen molar-refractivity contribution in [2.45, 2.75) is 6.54 Å². The Hall–Kier alpha value is -2.64. The van der Waals surface area contributed by atoms with Crippen molar-refractivity contribution in [3.05, 3.63) is 69.6 Å². The van der Waals surface area contributed by atoms with Crippen LogP contribution in [0.3, 0.4) is 0 Å². The number of piperazine rings is 1. The fraction of sp³-hybridized carbons (Fsp3) is 0.278. The highest BCUT2D eigenvalue weighted by molar-refractivity contribution is 6.33. The lowest BCUT2D eigenvalue weighted by molar-refractivity contribution is -0.384. The second-order valence-electron chi connectivity index (χ2n) is 6.35. The van der Waals surface area contributed by atoms with Gasteiger partial charge in [-0.05, 0) is 18.2 Å². The van der Waals surface area contributed by atoms with Gasteiger partial charge in [-0.15, -0.1) is 0 Å². The molecule has 2 aromatic heterocycles. The number of rotatable bonds is 4. The highest BCUT2D eigenvalue weighted by Crippen LogP contribution is 2.30. The number of halogens is 1. The lowest BCUT2D eigenvalue weighted by atomic mass is 10.2. The molecule has 4 rings (SSSR count). The summed E-state index contributed by atoms with van der Waals surface area (Å²) in [5.74, 6) is 0. The molecule has 1 aliphatic rings. The van der Waals surface area contributed by atoms with Gasteiger partial charge in [0.1, 0.15) is 5.65 Å². The molecule has 1 aliphatic heterocycles. The molecule has 0 amide bonds. The normalized spacial score (nSPS) is 15.5. The van der Waals surface area contributed by atoms with E-state index in [9.17, 15) is 10.1 Å². The van der Waals surface area contributed by atoms with Crippen molar-refractivity contribution >= 4 is 28.6 Å². The van der Waals surface area contributed by atoms with Gasteiger partial charge >= 0.3 is 0 Å². The third-order valence-corrected chi connectivity index (χ3v) is 4.96. The largest absolute Gasteiger partial charge is 0.368 e. The van der Waals surface area contributed by atoms with E-state index in [0.717, 1.165) is 49.8 Å². The number of hydrogen-bond acceptors (Lipinski definition) is 5. The van der Waals surface area contributed by atoms with E-state index in [2.05, 4.69) is 21.0 Å². The van der Waals surface area contributed by atoms with Gasteiger partial charge in [-0.1, -0.05) is 17.7 Å². The van der Waals surface area contributed by atoms with Gasteiger partial charge in [0, 0.05) is 57.3 Å². The molecular formula is C18H18ClN5O2. The Kier molecular flexibility index (Phi) is 4.48. The summed E-state index contributed by atoms with van der Waals surface area (Å²) >= 11 is 6.25. The third-order valence-electron chi connectivity index (χ3n) is 4.65. The first kappa shape index (κ1) is 16.8. The SMILES string of the molecule is O=[N+]([O-])c1ccc(N2CCN(Cc3cn4ccccc4n3)CC2)c(Cl)c1. The van der Waals surface area contributed by atoms with Crippen LogP contribution < -0.4 is 4.90 Å². The highest BCUT2D eigenvalue weighted by Gasteiger charge is 2.21. The summed E-state index contributed by atoms with van der Waals surface area (Å²) in [6.45, 7) is 4.24. The van der Waals surface area contributed by atoms with E-state index < -0.39 is 4.92 Å². The van der Waals surface area contributed by atoms with Crippen LogP contribution in [0.15, 0.2) is 48.8 Å². The van der Waals surface area contributed by atoms with Crippen LogP contribution in [0.5, 0.6) is 0 Å². The summed E-state index contributed by atoms with van der Waals surface area (Å²) in [5, 5.41) is 11.3. The monoisotopic (exact) mass is 371 g/mol. The number of nitro groups is 1. The Balaban J connectivity index is 1.40. The van der Waals surface area contributed by atoms with Gasteiger partial charge in [-0.25, -0.2) is 4.98 Å². The zero-order valence-electron chi connectivity index (χ0n) is 14.1. The second-order valence-corrected chi connectivity index (χ2v) is 6.76. The third kappa shape index (κ3) is 3.36. The molecule has 0 bridgehead atoms. The molecule has 0 unspecified atom stereocenters. The number of pyridine rings is 1. The molecule has 3 heterocycles. The quantitative estimate of drug-likeness (QED) is 0.520. The number of anilines is 1. The average Bonchev–Trinajstić information content (AvgIpc) is 3.04. The first-order valence-corrected chi connectivity index (χ1v) is 8.82. The summed E-state index contributed by atoms with van der Waals surface area (Å²) in [4.78, 5) is 19.6. The Morgan fingerprint density at radius 3 is 2.65 bits per heavy atom. The van der Waals surface area contributed by atoms with Crippen LogP contribution in [0.25, 0.3) is 5.65 Å². The van der Waals surface area contributed by atoms with Crippen LogP contribution in [0.2, 0.25) is 5.02 Å². The number of aromatic nitrogens is 2. The topological polar surface area (TPSA) is 66.9 Å². The van der Waals surface area contributed by atoms with Gasteiger partial charge in [0.15, 0.2) is 0 Å². The average molecular weight is 372 g/mol. The molecule has 0 radical (unpaired) electrons. The molecule has 1 saturated heterocycles. The van der Waals surface area contributed by atoms with Crippen LogP contribution in [-0.2, 0) is 6.54 Å². The number of hydrogen-bond donors (Lipinski definition) is 0. The van der Waals surface area contributed by atoms with Gasteiger partial charge in [0.25, 0.3) is 5.69 Å². The molecule has 0 N–H and O–H groups in total. The number of benzene rings is 1. The maximum absolute atomic E-state index is 10.8. The Morgan fingerprint density at radius 1 is 1.15 bits per heavy atom. The predicted molar refractivity (Wildman–Crippen MR) is 101 cm³/mol. The molecule has 0 spiro atoms. The van der Waals surface area contributed by atoms with Gasteiger partial charge in [-0.2, -0.15) is 0 Å². The number of non-ortho nitro benzene ring substituents is 1. The summed E-state index contributed by atoms with van der Waals surface area (Å²) in [6, 6.07) is 10.6. The van der Waals surface area contributed by atoms with Crippen LogP contribution in [0, 0.1) is 10.1 Å². The summed E-state index contributed by atoms with van der Waals surface area (Å²) in [7, 11) is 0. The van der Waals surface area contributed by atoms with Crippen molar-refractivity contribution in [1.82, 2.24) is 14.3 Å². The van der Waals surface area contributed by atoms with Gasteiger partial charge in [-0.3, -0.25) is 15.0 Å². The van der Waals surface area contributed by atoms with E-state index >= 15 is 0 Å². The number of imidazole rings is 1. The number of fused-ring (bicyclic) bond motifs is 1. The predicted octanol–water partition coefficient (Wildman–Crippen LogP) is 3.22. The minimum atomic E-state index is -0.428. The van der Waals surface area contributed by atoms with Crippen molar-refractivity contribution in [3.63, 3.8) is 0 Å². The second kappa shape index (κ2) is 6.93. The lowest BCUT2D eigenvalue weighted by Gasteiger charge is -2.36. The molecule has 8 heteroatoms. The van der Waals surface area contributed by atoms with E-state index in [1.54, 1.807) is 6.07 Å². The summed E-state index contributed by atoms with van der Waals surface area (Å²) in [6.07, 6.45) is 4.06. The molecule has 7 nitrogen and oxygen atoms in total. The molecule has 0 aliphatic carbocycles. The van der Waals surface area contributed by atoms with Crippen molar-refractivity contribution < 1.29 is 4.92 Å². The molecule has 1 fully saturated rings. The van der Waals surface area contributed by atoms with Crippen molar-refractivity contribution in [2.24, 2.45) is 0 Å². The van der Waals surface area contributed by atoms with E-state index in [1.165, 1.54) is 12.1 Å². The standard InChI is InChI=1S/C18H18ClN5O2/c19-16-11-15(24(25)26)4-5-17(16)22-9-7-21(8-10-22)12-14-13-23-6-2-1-3-18(23)20-14/h1-6,11,13H,7-10,12H2. The number of nitrogens with zero attached hydrogens (tertiary/aromatic N) is 5. The van der Waals surface area contributed by atoms with E-state index in [-0.39, 0.29) is 5.69 Å². The first-order valence-electron chi connectivity index (χ1n) is 8.44. The maximum Gasteiger partial charge on any atom is 0.271 e. The van der Waals surface area contributed by atoms with Crippen LogP contribution >= 0.6 is 11.6 Å². The molecule has 26 heavy (non-hydrogen) atoms. The minimum absolute atomic E-state index is 0.0178. The van der Waals surface area contributed by atoms with Crippen LogP contribution in [-0.4, -0.2) is 45.4 Å². The van der Waals surface area contributed by atoms with Crippen LogP contribution in [0.4, 0.5) is 11.4 Å². The van der Waals surface area contributed by atoms with E-state index in [1.807, 2.05) is 28.8 Å². The molecule has 0 atom stereocenters. The molecule has 0 saturated carbocycles. The number of nitro benzene ring substituents is 1. The highest BCUT2D eigenvalue weighted by atomic mass is 35.5. The first-order chi connectivity index (χ1) is 12.6. The Bertz CT molecular complexity index is 917. The van der Waals surface area contributed by atoms with Crippen molar-refractivity contribution in [1.29, 1.82) is 0 Å². The van der Waals surface area contributed by atoms with Gasteiger partial charge < -0.3 is 9.30 Å². The smallest absolute Gasteiger partial charge is 0.271 e. The fourth-order valence-electron chi connectivity index (χ4n) is 3.31. The Labute approximate surface area is 155 Å². The van der Waals surface area contributed by atoms with Gasteiger partial charge in [0.2, 0.25) is 0 Å². The molecule has 134 valence electrons.